The van der Waals surface area contributed by atoms with Crippen LogP contribution in [-0.4, -0.2) is 28.6 Å². The fourth-order valence-corrected chi connectivity index (χ4v) is 1.50. The maximum atomic E-state index is 4.44. The lowest BCUT2D eigenvalue weighted by Gasteiger charge is -2.40. The second kappa shape index (κ2) is 3.20. The van der Waals surface area contributed by atoms with Crippen molar-refractivity contribution in [1.82, 2.24) is 15.3 Å². The van der Waals surface area contributed by atoms with Gasteiger partial charge in [-0.15, -0.1) is 0 Å². The highest BCUT2D eigenvalue weighted by atomic mass is 15.2. The Morgan fingerprint density at radius 2 is 2.07 bits per heavy atom. The van der Waals surface area contributed by atoms with Gasteiger partial charge in [-0.3, -0.25) is 4.98 Å². The van der Waals surface area contributed by atoms with Crippen LogP contribution in [0.1, 0.15) is 18.3 Å². The van der Waals surface area contributed by atoms with Gasteiger partial charge in [0.15, 0.2) is 0 Å². The number of aryl methyl sites for hydroxylation is 2. The Morgan fingerprint density at radius 1 is 1.36 bits per heavy atom. The maximum Gasteiger partial charge on any atom is 0.145 e. The van der Waals surface area contributed by atoms with Crippen molar-refractivity contribution < 1.29 is 0 Å². The van der Waals surface area contributed by atoms with Gasteiger partial charge in [0.1, 0.15) is 5.82 Å². The summed E-state index contributed by atoms with van der Waals surface area (Å²) in [6, 6.07) is 0. The van der Waals surface area contributed by atoms with E-state index in [1.165, 1.54) is 0 Å². The summed E-state index contributed by atoms with van der Waals surface area (Å²) in [4.78, 5) is 8.71. The Balaban J connectivity index is 2.13. The number of aromatic nitrogens is 2. The molecule has 1 aromatic heterocycles. The fourth-order valence-electron chi connectivity index (χ4n) is 1.50. The zero-order valence-electron chi connectivity index (χ0n) is 8.89. The molecular formula is C10H16N4. The summed E-state index contributed by atoms with van der Waals surface area (Å²) in [6.45, 7) is 8.11. The molecule has 4 nitrogen and oxygen atoms in total. The molecule has 1 fully saturated rings. The first-order valence-corrected chi connectivity index (χ1v) is 4.88. The van der Waals surface area contributed by atoms with E-state index < -0.39 is 0 Å². The molecule has 0 spiro atoms. The van der Waals surface area contributed by atoms with E-state index in [0.717, 1.165) is 30.3 Å². The second-order valence-electron chi connectivity index (χ2n) is 4.22. The van der Waals surface area contributed by atoms with Crippen molar-refractivity contribution in [3.8, 4) is 0 Å². The van der Waals surface area contributed by atoms with Gasteiger partial charge in [0, 0.05) is 13.1 Å². The summed E-state index contributed by atoms with van der Waals surface area (Å²) in [5, 5.41) is 6.62. The maximum absolute atomic E-state index is 4.44. The predicted molar refractivity (Wildman–Crippen MR) is 56.4 cm³/mol. The van der Waals surface area contributed by atoms with E-state index in [2.05, 4.69) is 27.5 Å². The van der Waals surface area contributed by atoms with Crippen LogP contribution in [0.2, 0.25) is 0 Å². The third-order valence-corrected chi connectivity index (χ3v) is 2.65. The summed E-state index contributed by atoms with van der Waals surface area (Å²) in [5.41, 5.74) is 2.13. The molecule has 0 aromatic carbocycles. The van der Waals surface area contributed by atoms with Crippen molar-refractivity contribution in [3.05, 3.63) is 17.6 Å². The lowest BCUT2D eigenvalue weighted by Crippen LogP contribution is -2.62. The Labute approximate surface area is 84.2 Å². The molecule has 76 valence electrons. The van der Waals surface area contributed by atoms with Crippen molar-refractivity contribution in [2.24, 2.45) is 0 Å². The molecule has 4 heteroatoms. The van der Waals surface area contributed by atoms with E-state index in [4.69, 9.17) is 0 Å². The zero-order chi connectivity index (χ0) is 10.2. The predicted octanol–water partition coefficient (Wildman–Crippen LogP) is 0.867. The molecule has 1 aromatic rings. The molecule has 0 unspecified atom stereocenters. The van der Waals surface area contributed by atoms with Gasteiger partial charge in [-0.1, -0.05) is 0 Å². The molecule has 2 heterocycles. The fraction of sp³-hybridized carbons (Fsp3) is 0.600. The van der Waals surface area contributed by atoms with Crippen LogP contribution in [0.25, 0.3) is 0 Å². The minimum Gasteiger partial charge on any atom is -0.361 e. The Bertz CT molecular complexity index is 344. The number of rotatable bonds is 2. The molecule has 1 aliphatic heterocycles. The highest BCUT2D eigenvalue weighted by Crippen LogP contribution is 2.17. The average molecular weight is 192 g/mol. The smallest absolute Gasteiger partial charge is 0.145 e. The Kier molecular flexibility index (Phi) is 2.15. The zero-order valence-corrected chi connectivity index (χ0v) is 8.89. The first kappa shape index (κ1) is 9.40. The first-order chi connectivity index (χ1) is 6.59. The van der Waals surface area contributed by atoms with Crippen LogP contribution in [-0.2, 0) is 0 Å². The number of hydrogen-bond donors (Lipinski definition) is 2. The molecule has 0 aliphatic carbocycles. The van der Waals surface area contributed by atoms with Crippen LogP contribution in [0.3, 0.4) is 0 Å². The lowest BCUT2D eigenvalue weighted by molar-refractivity contribution is 0.337. The quantitative estimate of drug-likeness (QED) is 0.730. The van der Waals surface area contributed by atoms with Gasteiger partial charge in [-0.25, -0.2) is 4.98 Å². The Hall–Kier alpha value is -1.16. The van der Waals surface area contributed by atoms with E-state index in [-0.39, 0.29) is 5.54 Å². The number of nitrogens with one attached hydrogen (secondary N) is 2. The van der Waals surface area contributed by atoms with Crippen molar-refractivity contribution in [3.63, 3.8) is 0 Å². The third kappa shape index (κ3) is 1.70. The summed E-state index contributed by atoms with van der Waals surface area (Å²) in [5.74, 6) is 0.872. The Morgan fingerprint density at radius 3 is 2.57 bits per heavy atom. The van der Waals surface area contributed by atoms with Gasteiger partial charge >= 0.3 is 0 Å². The van der Waals surface area contributed by atoms with Crippen LogP contribution >= 0.6 is 0 Å². The van der Waals surface area contributed by atoms with Crippen LogP contribution < -0.4 is 10.6 Å². The van der Waals surface area contributed by atoms with Crippen LogP contribution in [0, 0.1) is 13.8 Å². The number of nitrogens with zero attached hydrogens (tertiary/aromatic N) is 2. The van der Waals surface area contributed by atoms with E-state index in [1.807, 2.05) is 13.8 Å². The number of hydrogen-bond acceptors (Lipinski definition) is 4. The van der Waals surface area contributed by atoms with Gasteiger partial charge in [0.05, 0.1) is 23.1 Å². The topological polar surface area (TPSA) is 49.8 Å². The van der Waals surface area contributed by atoms with Gasteiger partial charge < -0.3 is 10.6 Å². The largest absolute Gasteiger partial charge is 0.361 e. The molecule has 0 amide bonds. The van der Waals surface area contributed by atoms with E-state index in [1.54, 1.807) is 6.20 Å². The molecule has 0 saturated carbocycles. The molecule has 1 aliphatic rings. The van der Waals surface area contributed by atoms with Crippen molar-refractivity contribution in [2.75, 3.05) is 18.4 Å². The number of anilines is 1. The van der Waals surface area contributed by atoms with E-state index in [0.29, 0.717) is 0 Å². The summed E-state index contributed by atoms with van der Waals surface area (Å²) in [7, 11) is 0. The lowest BCUT2D eigenvalue weighted by atomic mass is 9.95. The minimum absolute atomic E-state index is 0.149. The first-order valence-electron chi connectivity index (χ1n) is 4.88. The molecule has 1 saturated heterocycles. The molecular weight excluding hydrogens is 176 g/mol. The van der Waals surface area contributed by atoms with Gasteiger partial charge in [-0.2, -0.15) is 0 Å². The second-order valence-corrected chi connectivity index (χ2v) is 4.22. The van der Waals surface area contributed by atoms with E-state index >= 15 is 0 Å². The standard InChI is InChI=1S/C10H16N4/c1-7-8(2)13-9(4-12-7)14-10(3)5-11-6-10/h4,11H,5-6H2,1-3H3,(H,13,14). The van der Waals surface area contributed by atoms with Gasteiger partial charge in [-0.05, 0) is 20.8 Å². The van der Waals surface area contributed by atoms with Gasteiger partial charge in [0.2, 0.25) is 0 Å². The van der Waals surface area contributed by atoms with Crippen LogP contribution in [0.5, 0.6) is 0 Å². The molecule has 2 rings (SSSR count). The highest BCUT2D eigenvalue weighted by molar-refractivity contribution is 5.38. The molecule has 14 heavy (non-hydrogen) atoms. The van der Waals surface area contributed by atoms with Crippen LogP contribution in [0.15, 0.2) is 6.20 Å². The van der Waals surface area contributed by atoms with Crippen molar-refractivity contribution in [1.29, 1.82) is 0 Å². The average Bonchev–Trinajstić information content (AvgIpc) is 2.09. The molecule has 0 atom stereocenters. The highest BCUT2D eigenvalue weighted by Gasteiger charge is 2.31. The van der Waals surface area contributed by atoms with E-state index in [9.17, 15) is 0 Å². The summed E-state index contributed by atoms with van der Waals surface area (Å²) < 4.78 is 0. The van der Waals surface area contributed by atoms with Crippen LogP contribution in [0.4, 0.5) is 5.82 Å². The van der Waals surface area contributed by atoms with Gasteiger partial charge in [0.25, 0.3) is 0 Å². The third-order valence-electron chi connectivity index (χ3n) is 2.65. The normalized spacial score (nSPS) is 18.8. The van der Waals surface area contributed by atoms with Crippen molar-refractivity contribution in [2.45, 2.75) is 26.3 Å². The summed E-state index contributed by atoms with van der Waals surface area (Å²) >= 11 is 0. The minimum atomic E-state index is 0.149. The molecule has 0 bridgehead atoms. The monoisotopic (exact) mass is 192 g/mol. The molecule has 2 N–H and O–H groups in total. The molecule has 0 radical (unpaired) electrons. The summed E-state index contributed by atoms with van der Waals surface area (Å²) in [6.07, 6.45) is 1.80. The van der Waals surface area contributed by atoms with Crippen molar-refractivity contribution >= 4 is 5.82 Å². The SMILES string of the molecule is Cc1ncc(NC2(C)CNC2)nc1C.